The van der Waals surface area contributed by atoms with Gasteiger partial charge in [0.25, 0.3) is 0 Å². The number of piperidine rings is 1. The van der Waals surface area contributed by atoms with Crippen molar-refractivity contribution in [3.05, 3.63) is 53.7 Å². The molecular weight excluding hydrogens is 364 g/mol. The molecule has 1 saturated heterocycles. The van der Waals surface area contributed by atoms with Gasteiger partial charge < -0.3 is 20.3 Å². The first-order chi connectivity index (χ1) is 14.0. The summed E-state index contributed by atoms with van der Waals surface area (Å²) >= 11 is 0. The third kappa shape index (κ3) is 3.69. The molecule has 0 saturated carbocycles. The Labute approximate surface area is 172 Å². The number of nitrogens with two attached hydrogens (primary N) is 1. The maximum Gasteiger partial charge on any atom is 0.229 e. The second kappa shape index (κ2) is 8.03. The lowest BCUT2D eigenvalue weighted by molar-refractivity contribution is -0.132. The molecule has 154 valence electrons. The van der Waals surface area contributed by atoms with Crippen molar-refractivity contribution in [2.75, 3.05) is 51.0 Å². The molecule has 1 amide bonds. The number of anilines is 2. The second-order valence-corrected chi connectivity index (χ2v) is 8.31. The number of ether oxygens (including phenoxy) is 1. The van der Waals surface area contributed by atoms with Gasteiger partial charge in [0, 0.05) is 57.2 Å². The van der Waals surface area contributed by atoms with E-state index in [-0.39, 0.29) is 17.2 Å². The van der Waals surface area contributed by atoms with Gasteiger partial charge in [-0.25, -0.2) is 4.98 Å². The molecule has 0 radical (unpaired) electrons. The zero-order valence-electron chi connectivity index (χ0n) is 17.3. The molecule has 29 heavy (non-hydrogen) atoms. The third-order valence-electron chi connectivity index (χ3n) is 6.62. The van der Waals surface area contributed by atoms with Gasteiger partial charge in [-0.1, -0.05) is 24.3 Å². The van der Waals surface area contributed by atoms with Gasteiger partial charge in [-0.05, 0) is 36.5 Å². The fraction of sp³-hybridized carbons (Fsp3) is 0.478. The van der Waals surface area contributed by atoms with Crippen LogP contribution in [0.4, 0.5) is 11.5 Å². The minimum atomic E-state index is -0.0647. The number of amides is 1. The van der Waals surface area contributed by atoms with Crippen molar-refractivity contribution >= 4 is 17.4 Å². The Morgan fingerprint density at radius 2 is 2.07 bits per heavy atom. The van der Waals surface area contributed by atoms with Crippen molar-refractivity contribution < 1.29 is 9.53 Å². The summed E-state index contributed by atoms with van der Waals surface area (Å²) < 4.78 is 5.15. The molecule has 1 aliphatic heterocycles. The fourth-order valence-corrected chi connectivity index (χ4v) is 4.96. The Morgan fingerprint density at radius 3 is 2.79 bits per heavy atom. The summed E-state index contributed by atoms with van der Waals surface area (Å²) in [6, 6.07) is 12.3. The van der Waals surface area contributed by atoms with E-state index in [1.807, 2.05) is 24.1 Å². The first kappa shape index (κ1) is 19.7. The highest BCUT2D eigenvalue weighted by atomic mass is 16.5. The van der Waals surface area contributed by atoms with Crippen molar-refractivity contribution in [2.24, 2.45) is 0 Å². The van der Waals surface area contributed by atoms with E-state index < -0.39 is 0 Å². The molecule has 1 aromatic heterocycles. The molecule has 6 nitrogen and oxygen atoms in total. The van der Waals surface area contributed by atoms with Crippen molar-refractivity contribution in [3.63, 3.8) is 0 Å². The maximum atomic E-state index is 13.2. The van der Waals surface area contributed by atoms with Crippen molar-refractivity contribution in [3.8, 4) is 0 Å². The molecule has 1 fully saturated rings. The highest BCUT2D eigenvalue weighted by molar-refractivity contribution is 5.85. The Morgan fingerprint density at radius 1 is 1.31 bits per heavy atom. The Bertz CT molecular complexity index is 877. The van der Waals surface area contributed by atoms with Gasteiger partial charge in [-0.15, -0.1) is 0 Å². The quantitative estimate of drug-likeness (QED) is 0.844. The largest absolute Gasteiger partial charge is 0.399 e. The van der Waals surface area contributed by atoms with Gasteiger partial charge in [0.1, 0.15) is 5.82 Å². The van der Waals surface area contributed by atoms with E-state index in [0.29, 0.717) is 13.2 Å². The molecule has 1 aliphatic carbocycles. The van der Waals surface area contributed by atoms with Crippen molar-refractivity contribution in [1.29, 1.82) is 0 Å². The predicted octanol–water partition coefficient (Wildman–Crippen LogP) is 2.79. The average Bonchev–Trinajstić information content (AvgIpc) is 3.06. The summed E-state index contributed by atoms with van der Waals surface area (Å²) in [4.78, 5) is 21.8. The van der Waals surface area contributed by atoms with E-state index in [4.69, 9.17) is 10.5 Å². The molecule has 1 aromatic carbocycles. The van der Waals surface area contributed by atoms with E-state index in [2.05, 4.69) is 34.1 Å². The van der Waals surface area contributed by atoms with Gasteiger partial charge in [0.15, 0.2) is 0 Å². The van der Waals surface area contributed by atoms with E-state index in [9.17, 15) is 4.79 Å². The number of carbonyl (C=O) groups is 1. The lowest BCUT2D eigenvalue weighted by Gasteiger charge is -2.41. The standard InChI is InChI=1S/C23H30N4O2/c1-26(13-14-29-2)22(28)19-16-23(20-6-4-3-5-18(19)20)8-11-27(12-9-23)21-15-17(24)7-10-25-21/h3-7,10,15,19H,8-9,11-14,16H2,1-2H3,(H2,24,25)/t19-/m0/s1. The van der Waals surface area contributed by atoms with Gasteiger partial charge in [0.2, 0.25) is 5.91 Å². The number of hydrogen-bond donors (Lipinski definition) is 1. The molecule has 2 aromatic rings. The number of hydrogen-bond acceptors (Lipinski definition) is 5. The Hall–Kier alpha value is -2.60. The smallest absolute Gasteiger partial charge is 0.229 e. The Balaban J connectivity index is 1.54. The van der Waals surface area contributed by atoms with Crippen LogP contribution in [0.5, 0.6) is 0 Å². The van der Waals surface area contributed by atoms with Gasteiger partial charge in [-0.2, -0.15) is 0 Å². The fourth-order valence-electron chi connectivity index (χ4n) is 4.96. The Kier molecular flexibility index (Phi) is 5.46. The summed E-state index contributed by atoms with van der Waals surface area (Å²) in [6.45, 7) is 3.02. The lowest BCUT2D eigenvalue weighted by atomic mass is 9.73. The lowest BCUT2D eigenvalue weighted by Crippen LogP contribution is -2.42. The molecule has 4 rings (SSSR count). The number of likely N-dealkylation sites (N-methyl/N-ethyl adjacent to an activating group) is 1. The van der Waals surface area contributed by atoms with Crippen LogP contribution in [0, 0.1) is 0 Å². The molecule has 2 N–H and O–H groups in total. The van der Waals surface area contributed by atoms with Gasteiger partial charge >= 0.3 is 0 Å². The van der Waals surface area contributed by atoms with E-state index >= 15 is 0 Å². The van der Waals surface area contributed by atoms with Crippen LogP contribution in [0.1, 0.15) is 36.3 Å². The number of rotatable bonds is 5. The van der Waals surface area contributed by atoms with Crippen molar-refractivity contribution in [2.45, 2.75) is 30.6 Å². The minimum absolute atomic E-state index is 0.0647. The molecule has 1 atom stereocenters. The number of carbonyl (C=O) groups excluding carboxylic acids is 1. The zero-order chi connectivity index (χ0) is 20.4. The van der Waals surface area contributed by atoms with Crippen LogP contribution in [-0.2, 0) is 14.9 Å². The molecule has 6 heteroatoms. The minimum Gasteiger partial charge on any atom is -0.399 e. The van der Waals surface area contributed by atoms with Crippen LogP contribution in [0.15, 0.2) is 42.6 Å². The summed E-state index contributed by atoms with van der Waals surface area (Å²) in [6.07, 6.45) is 4.70. The molecule has 1 spiro atoms. The van der Waals surface area contributed by atoms with Gasteiger partial charge in [0.05, 0.1) is 12.5 Å². The average molecular weight is 395 g/mol. The SMILES string of the molecule is COCCN(C)C(=O)[C@H]1CC2(CCN(c3cc(N)ccn3)CC2)c2ccccc21. The number of nitrogens with zero attached hydrogens (tertiary/aromatic N) is 3. The van der Waals surface area contributed by atoms with Crippen LogP contribution in [0.25, 0.3) is 0 Å². The summed E-state index contributed by atoms with van der Waals surface area (Å²) in [7, 11) is 3.55. The van der Waals surface area contributed by atoms with E-state index in [0.717, 1.165) is 43.9 Å². The normalized spacial score (nSPS) is 19.9. The van der Waals surface area contributed by atoms with Crippen molar-refractivity contribution in [1.82, 2.24) is 9.88 Å². The van der Waals surface area contributed by atoms with Crippen LogP contribution in [0.3, 0.4) is 0 Å². The maximum absolute atomic E-state index is 13.2. The van der Waals surface area contributed by atoms with E-state index in [1.165, 1.54) is 11.1 Å². The number of pyridine rings is 1. The number of benzene rings is 1. The molecule has 0 unspecified atom stereocenters. The highest BCUT2D eigenvalue weighted by Crippen LogP contribution is 2.52. The molecule has 2 heterocycles. The first-order valence-electron chi connectivity index (χ1n) is 10.3. The highest BCUT2D eigenvalue weighted by Gasteiger charge is 2.48. The van der Waals surface area contributed by atoms with Crippen LogP contribution in [-0.4, -0.2) is 56.2 Å². The number of methoxy groups -OCH3 is 1. The number of aromatic nitrogens is 1. The molecular formula is C23H30N4O2. The number of fused-ring (bicyclic) bond motifs is 2. The molecule has 2 aliphatic rings. The topological polar surface area (TPSA) is 71.7 Å². The van der Waals surface area contributed by atoms with Gasteiger partial charge in [-0.3, -0.25) is 4.79 Å². The second-order valence-electron chi connectivity index (χ2n) is 8.31. The summed E-state index contributed by atoms with van der Waals surface area (Å²) in [5, 5.41) is 0. The predicted molar refractivity (Wildman–Crippen MR) is 115 cm³/mol. The van der Waals surface area contributed by atoms with Crippen LogP contribution >= 0.6 is 0 Å². The summed E-state index contributed by atoms with van der Waals surface area (Å²) in [5.41, 5.74) is 9.31. The summed E-state index contributed by atoms with van der Waals surface area (Å²) in [5.74, 6) is 1.08. The third-order valence-corrected chi connectivity index (χ3v) is 6.62. The van der Waals surface area contributed by atoms with Crippen LogP contribution < -0.4 is 10.6 Å². The van der Waals surface area contributed by atoms with E-state index in [1.54, 1.807) is 13.3 Å². The first-order valence-corrected chi connectivity index (χ1v) is 10.3. The zero-order valence-corrected chi connectivity index (χ0v) is 17.3. The molecule has 0 bridgehead atoms. The van der Waals surface area contributed by atoms with Crippen LogP contribution in [0.2, 0.25) is 0 Å². The number of nitrogen functional groups attached to an aromatic ring is 1. The monoisotopic (exact) mass is 394 g/mol.